The zero-order valence-electron chi connectivity index (χ0n) is 12.8. The van der Waals surface area contributed by atoms with Gasteiger partial charge < -0.3 is 10.8 Å². The average Bonchev–Trinajstić information content (AvgIpc) is 2.55. The Balaban J connectivity index is 2.17. The van der Waals surface area contributed by atoms with Gasteiger partial charge in [-0.3, -0.25) is 0 Å². The number of nitrogen functional groups attached to an aromatic ring is 1. The fourth-order valence-corrected chi connectivity index (χ4v) is 2.52. The van der Waals surface area contributed by atoms with Gasteiger partial charge in [0.2, 0.25) is 0 Å². The van der Waals surface area contributed by atoms with Crippen LogP contribution in [0.3, 0.4) is 0 Å². The standard InChI is InChI=1S/C19H13ClN2O2/c1-11-2-3-13(19(23)24)8-12(11)5-7-16-17-9-15(20)6-4-14(17)10-22-18(16)21/h2-4,6,8-10H,1H3,(H2,21,22)(H,23,24). The number of benzene rings is 2. The first-order chi connectivity index (χ1) is 11.5. The predicted octanol–water partition coefficient (Wildman–Crippen LogP) is 3.88. The molecular weight excluding hydrogens is 324 g/mol. The lowest BCUT2D eigenvalue weighted by molar-refractivity contribution is 0.0697. The van der Waals surface area contributed by atoms with Gasteiger partial charge in [0.05, 0.1) is 11.1 Å². The highest BCUT2D eigenvalue weighted by atomic mass is 35.5. The third-order valence-electron chi connectivity index (χ3n) is 3.69. The molecule has 4 nitrogen and oxygen atoms in total. The van der Waals surface area contributed by atoms with Gasteiger partial charge in [0, 0.05) is 27.6 Å². The predicted molar refractivity (Wildman–Crippen MR) is 95.3 cm³/mol. The van der Waals surface area contributed by atoms with Gasteiger partial charge in [-0.05, 0) is 36.8 Å². The molecule has 3 N–H and O–H groups in total. The maximum atomic E-state index is 11.1. The van der Waals surface area contributed by atoms with E-state index in [0.717, 1.165) is 16.3 Å². The molecule has 2 aromatic carbocycles. The number of rotatable bonds is 1. The Bertz CT molecular complexity index is 1030. The Morgan fingerprint density at radius 1 is 1.21 bits per heavy atom. The molecule has 0 atom stereocenters. The van der Waals surface area contributed by atoms with Crippen molar-refractivity contribution in [2.75, 3.05) is 5.73 Å². The van der Waals surface area contributed by atoms with E-state index in [4.69, 9.17) is 22.4 Å². The molecule has 0 fully saturated rings. The summed E-state index contributed by atoms with van der Waals surface area (Å²) in [6, 6.07) is 10.3. The summed E-state index contributed by atoms with van der Waals surface area (Å²) in [6.07, 6.45) is 1.67. The van der Waals surface area contributed by atoms with Crippen LogP contribution >= 0.6 is 11.6 Å². The fourth-order valence-electron chi connectivity index (χ4n) is 2.35. The number of pyridine rings is 1. The van der Waals surface area contributed by atoms with E-state index in [-0.39, 0.29) is 5.56 Å². The number of anilines is 1. The summed E-state index contributed by atoms with van der Waals surface area (Å²) in [5.74, 6) is 5.34. The Kier molecular flexibility index (Phi) is 4.11. The maximum Gasteiger partial charge on any atom is 0.335 e. The first-order valence-electron chi connectivity index (χ1n) is 7.15. The second-order valence-corrected chi connectivity index (χ2v) is 5.77. The number of carboxylic acid groups (broad SMARTS) is 1. The topological polar surface area (TPSA) is 76.2 Å². The molecule has 0 aliphatic carbocycles. The Morgan fingerprint density at radius 3 is 2.75 bits per heavy atom. The summed E-state index contributed by atoms with van der Waals surface area (Å²) in [5, 5.41) is 11.4. The number of hydrogen-bond donors (Lipinski definition) is 2. The van der Waals surface area contributed by atoms with Crippen molar-refractivity contribution in [2.45, 2.75) is 6.92 Å². The average molecular weight is 337 g/mol. The van der Waals surface area contributed by atoms with Crippen LogP contribution in [0.25, 0.3) is 10.8 Å². The van der Waals surface area contributed by atoms with Crippen molar-refractivity contribution in [1.29, 1.82) is 0 Å². The zero-order valence-corrected chi connectivity index (χ0v) is 13.6. The Morgan fingerprint density at radius 2 is 2.00 bits per heavy atom. The molecule has 0 aliphatic heterocycles. The van der Waals surface area contributed by atoms with E-state index in [1.165, 1.54) is 0 Å². The molecule has 0 amide bonds. The first kappa shape index (κ1) is 15.9. The van der Waals surface area contributed by atoms with Gasteiger partial charge in [-0.2, -0.15) is 0 Å². The maximum absolute atomic E-state index is 11.1. The van der Waals surface area contributed by atoms with Crippen LogP contribution in [0.4, 0.5) is 5.82 Å². The van der Waals surface area contributed by atoms with Crippen LogP contribution in [0.2, 0.25) is 5.02 Å². The molecule has 0 aliphatic rings. The largest absolute Gasteiger partial charge is 0.478 e. The molecule has 0 spiro atoms. The summed E-state index contributed by atoms with van der Waals surface area (Å²) in [4.78, 5) is 15.3. The normalized spacial score (nSPS) is 10.2. The number of aryl methyl sites for hydroxylation is 1. The van der Waals surface area contributed by atoms with Gasteiger partial charge in [-0.25, -0.2) is 9.78 Å². The quantitative estimate of drug-likeness (QED) is 0.661. The fraction of sp³-hybridized carbons (Fsp3) is 0.0526. The van der Waals surface area contributed by atoms with E-state index in [0.29, 0.717) is 22.0 Å². The lowest BCUT2D eigenvalue weighted by Gasteiger charge is -2.04. The lowest BCUT2D eigenvalue weighted by Crippen LogP contribution is -1.98. The molecule has 0 unspecified atom stereocenters. The Labute approximate surface area is 143 Å². The first-order valence-corrected chi connectivity index (χ1v) is 7.53. The van der Waals surface area contributed by atoms with Crippen LogP contribution in [-0.2, 0) is 0 Å². The lowest BCUT2D eigenvalue weighted by atomic mass is 10.0. The second kappa shape index (κ2) is 6.23. The van der Waals surface area contributed by atoms with Gasteiger partial charge in [0.15, 0.2) is 0 Å². The molecule has 1 heterocycles. The van der Waals surface area contributed by atoms with Gasteiger partial charge >= 0.3 is 5.97 Å². The van der Waals surface area contributed by atoms with Crippen LogP contribution in [0.5, 0.6) is 0 Å². The molecule has 3 rings (SSSR count). The van der Waals surface area contributed by atoms with Crippen molar-refractivity contribution in [3.8, 4) is 11.8 Å². The highest BCUT2D eigenvalue weighted by Gasteiger charge is 2.07. The molecule has 0 radical (unpaired) electrons. The van der Waals surface area contributed by atoms with Gasteiger partial charge in [-0.15, -0.1) is 0 Å². The van der Waals surface area contributed by atoms with Gasteiger partial charge in [-0.1, -0.05) is 35.6 Å². The number of nitrogens with zero attached hydrogens (tertiary/aromatic N) is 1. The molecule has 3 aromatic rings. The van der Waals surface area contributed by atoms with Crippen LogP contribution in [0.1, 0.15) is 27.0 Å². The minimum atomic E-state index is -0.990. The summed E-state index contributed by atoms with van der Waals surface area (Å²) < 4.78 is 0. The van der Waals surface area contributed by atoms with E-state index in [1.807, 2.05) is 13.0 Å². The SMILES string of the molecule is Cc1ccc(C(=O)O)cc1C#Cc1c(N)ncc2ccc(Cl)cc12. The monoisotopic (exact) mass is 336 g/mol. The van der Waals surface area contributed by atoms with Gasteiger partial charge in [0.1, 0.15) is 5.82 Å². The van der Waals surface area contributed by atoms with E-state index >= 15 is 0 Å². The molecular formula is C19H13ClN2O2. The second-order valence-electron chi connectivity index (χ2n) is 5.33. The smallest absolute Gasteiger partial charge is 0.335 e. The number of carboxylic acids is 1. The minimum Gasteiger partial charge on any atom is -0.478 e. The molecule has 0 bridgehead atoms. The van der Waals surface area contributed by atoms with E-state index in [9.17, 15) is 4.79 Å². The summed E-state index contributed by atoms with van der Waals surface area (Å²) >= 11 is 6.07. The zero-order chi connectivity index (χ0) is 17.3. The third kappa shape index (κ3) is 3.03. The van der Waals surface area contributed by atoms with Crippen LogP contribution in [0.15, 0.2) is 42.6 Å². The van der Waals surface area contributed by atoms with Crippen LogP contribution in [0, 0.1) is 18.8 Å². The minimum absolute atomic E-state index is 0.192. The number of hydrogen-bond acceptors (Lipinski definition) is 3. The number of aromatic carboxylic acids is 1. The number of halogens is 1. The van der Waals surface area contributed by atoms with E-state index < -0.39 is 5.97 Å². The number of fused-ring (bicyclic) bond motifs is 1. The van der Waals surface area contributed by atoms with Gasteiger partial charge in [0.25, 0.3) is 0 Å². The summed E-state index contributed by atoms with van der Waals surface area (Å²) in [6.45, 7) is 1.87. The molecule has 1 aromatic heterocycles. The molecule has 0 saturated carbocycles. The number of carbonyl (C=O) groups is 1. The van der Waals surface area contributed by atoms with Crippen molar-refractivity contribution in [1.82, 2.24) is 4.98 Å². The van der Waals surface area contributed by atoms with Crippen molar-refractivity contribution in [3.05, 3.63) is 69.9 Å². The number of aromatic nitrogens is 1. The number of nitrogens with two attached hydrogens (primary N) is 1. The molecule has 5 heteroatoms. The highest BCUT2D eigenvalue weighted by molar-refractivity contribution is 6.31. The molecule has 24 heavy (non-hydrogen) atoms. The molecule has 0 saturated heterocycles. The summed E-state index contributed by atoms with van der Waals surface area (Å²) in [5.41, 5.74) is 8.26. The van der Waals surface area contributed by atoms with E-state index in [2.05, 4.69) is 16.8 Å². The van der Waals surface area contributed by atoms with Crippen molar-refractivity contribution in [2.24, 2.45) is 0 Å². The van der Waals surface area contributed by atoms with Crippen molar-refractivity contribution < 1.29 is 9.90 Å². The van der Waals surface area contributed by atoms with E-state index in [1.54, 1.807) is 36.5 Å². The van der Waals surface area contributed by atoms with Crippen molar-refractivity contribution >= 4 is 34.2 Å². The highest BCUT2D eigenvalue weighted by Crippen LogP contribution is 2.25. The Hall–Kier alpha value is -3.03. The van der Waals surface area contributed by atoms with Crippen molar-refractivity contribution in [3.63, 3.8) is 0 Å². The molecule has 118 valence electrons. The van der Waals surface area contributed by atoms with Crippen LogP contribution < -0.4 is 5.73 Å². The third-order valence-corrected chi connectivity index (χ3v) is 3.93. The summed E-state index contributed by atoms with van der Waals surface area (Å²) in [7, 11) is 0. The van der Waals surface area contributed by atoms with Crippen LogP contribution in [-0.4, -0.2) is 16.1 Å².